The SMILES string of the molecule is O=C1O[C@@H](CSC2=NCCS2)CN1c1ccc(N2CCc3ccccc3C2)c(F)c1. The Bertz CT molecular complexity index is 1000. The number of cyclic esters (lactones) is 1. The summed E-state index contributed by atoms with van der Waals surface area (Å²) in [5.41, 5.74) is 3.68. The van der Waals surface area contributed by atoms with Gasteiger partial charge in [0.1, 0.15) is 16.3 Å². The number of nitrogens with zero attached hydrogens (tertiary/aromatic N) is 3. The Morgan fingerprint density at radius 2 is 2.10 bits per heavy atom. The Balaban J connectivity index is 1.26. The number of hydrogen-bond acceptors (Lipinski definition) is 6. The summed E-state index contributed by atoms with van der Waals surface area (Å²) in [4.78, 5) is 20.3. The second-order valence-corrected chi connectivity index (χ2v) is 9.85. The second-order valence-electron chi connectivity index (χ2n) is 7.50. The third-order valence-corrected chi connectivity index (χ3v) is 7.92. The number of fused-ring (bicyclic) bond motifs is 1. The van der Waals surface area contributed by atoms with Gasteiger partial charge < -0.3 is 9.64 Å². The third kappa shape index (κ3) is 4.03. The van der Waals surface area contributed by atoms with E-state index in [4.69, 9.17) is 4.74 Å². The van der Waals surface area contributed by atoms with E-state index >= 15 is 0 Å². The lowest BCUT2D eigenvalue weighted by atomic mass is 9.99. The fourth-order valence-corrected chi connectivity index (χ4v) is 6.02. The van der Waals surface area contributed by atoms with Gasteiger partial charge in [-0.2, -0.15) is 0 Å². The van der Waals surface area contributed by atoms with Crippen LogP contribution in [0.2, 0.25) is 0 Å². The molecule has 0 bridgehead atoms. The minimum atomic E-state index is -0.416. The van der Waals surface area contributed by atoms with Gasteiger partial charge in [0.05, 0.1) is 24.5 Å². The van der Waals surface area contributed by atoms with Gasteiger partial charge in [0, 0.05) is 24.6 Å². The van der Waals surface area contributed by atoms with Crippen molar-refractivity contribution >= 4 is 45.4 Å². The lowest BCUT2D eigenvalue weighted by Gasteiger charge is -2.31. The van der Waals surface area contributed by atoms with Crippen molar-refractivity contribution in [3.05, 3.63) is 59.4 Å². The summed E-state index contributed by atoms with van der Waals surface area (Å²) in [6.07, 6.45) is 0.270. The highest BCUT2D eigenvalue weighted by Gasteiger charge is 2.33. The van der Waals surface area contributed by atoms with E-state index in [0.717, 1.165) is 29.6 Å². The topological polar surface area (TPSA) is 45.1 Å². The molecule has 8 heteroatoms. The number of ether oxygens (including phenoxy) is 1. The Labute approximate surface area is 183 Å². The van der Waals surface area contributed by atoms with E-state index in [0.29, 0.717) is 30.2 Å². The summed E-state index contributed by atoms with van der Waals surface area (Å²) >= 11 is 3.37. The monoisotopic (exact) mass is 443 g/mol. The molecule has 0 spiro atoms. The molecule has 2 aromatic rings. The molecular formula is C22H22FN3O2S2. The fraction of sp³-hybridized carbons (Fsp3) is 0.364. The molecular weight excluding hydrogens is 421 g/mol. The number of carbonyl (C=O) groups is 1. The number of benzene rings is 2. The van der Waals surface area contributed by atoms with Crippen LogP contribution in [-0.2, 0) is 17.7 Å². The lowest BCUT2D eigenvalue weighted by molar-refractivity contribution is 0.151. The first-order chi connectivity index (χ1) is 14.7. The summed E-state index contributed by atoms with van der Waals surface area (Å²) in [5.74, 6) is 1.38. The predicted molar refractivity (Wildman–Crippen MR) is 122 cm³/mol. The van der Waals surface area contributed by atoms with Crippen molar-refractivity contribution < 1.29 is 13.9 Å². The Morgan fingerprint density at radius 1 is 1.23 bits per heavy atom. The second kappa shape index (κ2) is 8.51. The molecule has 0 saturated carbocycles. The van der Waals surface area contributed by atoms with Crippen LogP contribution in [0.4, 0.5) is 20.6 Å². The minimum absolute atomic E-state index is 0.215. The molecule has 5 nitrogen and oxygen atoms in total. The summed E-state index contributed by atoms with van der Waals surface area (Å²) in [5, 5.41) is 0. The van der Waals surface area contributed by atoms with Gasteiger partial charge in [-0.1, -0.05) is 47.8 Å². The lowest BCUT2D eigenvalue weighted by Crippen LogP contribution is -2.31. The summed E-state index contributed by atoms with van der Waals surface area (Å²) in [6.45, 7) is 2.76. The molecule has 3 aliphatic rings. The largest absolute Gasteiger partial charge is 0.443 e. The summed E-state index contributed by atoms with van der Waals surface area (Å²) < 4.78 is 21.5. The molecule has 1 fully saturated rings. The minimum Gasteiger partial charge on any atom is -0.443 e. The zero-order chi connectivity index (χ0) is 20.5. The number of thioether (sulfide) groups is 2. The van der Waals surface area contributed by atoms with E-state index in [2.05, 4.69) is 22.0 Å². The third-order valence-electron chi connectivity index (χ3n) is 5.54. The fourth-order valence-electron chi connectivity index (χ4n) is 4.01. The van der Waals surface area contributed by atoms with Crippen LogP contribution in [0.15, 0.2) is 47.5 Å². The van der Waals surface area contributed by atoms with E-state index in [9.17, 15) is 9.18 Å². The molecule has 1 amide bonds. The van der Waals surface area contributed by atoms with Gasteiger partial charge >= 0.3 is 6.09 Å². The summed E-state index contributed by atoms with van der Waals surface area (Å²) in [7, 11) is 0. The molecule has 1 atom stereocenters. The molecule has 1 saturated heterocycles. The molecule has 5 rings (SSSR count). The van der Waals surface area contributed by atoms with Crippen LogP contribution in [0.5, 0.6) is 0 Å². The number of hydrogen-bond donors (Lipinski definition) is 0. The molecule has 0 N–H and O–H groups in total. The standard InChI is InChI=1S/C22H22FN3O2S2/c23-19-11-17(26-13-18(28-22(26)27)14-30-21-24-8-10-29-21)5-6-20(19)25-9-7-15-3-1-2-4-16(15)12-25/h1-6,11,18H,7-10,12-14H2/t18-/m1/s1. The van der Waals surface area contributed by atoms with E-state index in [1.165, 1.54) is 22.1 Å². The van der Waals surface area contributed by atoms with Gasteiger partial charge in [0.2, 0.25) is 0 Å². The Kier molecular flexibility index (Phi) is 5.60. The van der Waals surface area contributed by atoms with Gasteiger partial charge in [-0.25, -0.2) is 9.18 Å². The first-order valence-electron chi connectivity index (χ1n) is 10.1. The molecule has 0 aliphatic carbocycles. The van der Waals surface area contributed by atoms with Gasteiger partial charge in [0.15, 0.2) is 0 Å². The van der Waals surface area contributed by atoms with Crippen molar-refractivity contribution in [1.29, 1.82) is 0 Å². The van der Waals surface area contributed by atoms with Crippen molar-refractivity contribution in [2.75, 3.05) is 40.9 Å². The molecule has 2 aromatic carbocycles. The van der Waals surface area contributed by atoms with Crippen molar-refractivity contribution in [2.45, 2.75) is 19.1 Å². The van der Waals surface area contributed by atoms with Crippen LogP contribution in [0.3, 0.4) is 0 Å². The normalized spacial score (nSPS) is 20.9. The molecule has 0 aromatic heterocycles. The Hall–Kier alpha value is -2.19. The number of aliphatic imine (C=N–C) groups is 1. The van der Waals surface area contributed by atoms with Crippen LogP contribution >= 0.6 is 23.5 Å². The zero-order valence-corrected chi connectivity index (χ0v) is 18.1. The van der Waals surface area contributed by atoms with Crippen LogP contribution in [-0.4, -0.2) is 47.7 Å². The van der Waals surface area contributed by atoms with E-state index in [-0.39, 0.29) is 11.9 Å². The maximum Gasteiger partial charge on any atom is 0.414 e. The number of amides is 1. The average molecular weight is 444 g/mol. The molecule has 0 radical (unpaired) electrons. The first-order valence-corrected chi connectivity index (χ1v) is 12.0. The number of carbonyl (C=O) groups excluding carboxylic acids is 1. The maximum absolute atomic E-state index is 15.0. The Morgan fingerprint density at radius 3 is 2.90 bits per heavy atom. The zero-order valence-electron chi connectivity index (χ0n) is 16.4. The molecule has 3 aliphatic heterocycles. The van der Waals surface area contributed by atoms with Crippen LogP contribution < -0.4 is 9.80 Å². The van der Waals surface area contributed by atoms with Crippen molar-refractivity contribution in [3.63, 3.8) is 0 Å². The van der Waals surface area contributed by atoms with Gasteiger partial charge in [0.25, 0.3) is 0 Å². The van der Waals surface area contributed by atoms with Gasteiger partial charge in [-0.3, -0.25) is 9.89 Å². The highest BCUT2D eigenvalue weighted by atomic mass is 32.2. The first kappa shape index (κ1) is 19.8. The van der Waals surface area contributed by atoms with Crippen LogP contribution in [0.1, 0.15) is 11.1 Å². The number of anilines is 2. The molecule has 30 heavy (non-hydrogen) atoms. The van der Waals surface area contributed by atoms with Crippen LogP contribution in [0, 0.1) is 5.82 Å². The maximum atomic E-state index is 15.0. The smallest absolute Gasteiger partial charge is 0.414 e. The van der Waals surface area contributed by atoms with Crippen molar-refractivity contribution in [1.82, 2.24) is 0 Å². The average Bonchev–Trinajstić information content (AvgIpc) is 3.41. The van der Waals surface area contributed by atoms with Gasteiger partial charge in [-0.05, 0) is 35.7 Å². The highest BCUT2D eigenvalue weighted by molar-refractivity contribution is 8.39. The quantitative estimate of drug-likeness (QED) is 0.694. The molecule has 0 unspecified atom stereocenters. The van der Waals surface area contributed by atoms with E-state index < -0.39 is 6.09 Å². The van der Waals surface area contributed by atoms with E-state index in [1.807, 2.05) is 18.2 Å². The van der Waals surface area contributed by atoms with Crippen molar-refractivity contribution in [2.24, 2.45) is 4.99 Å². The van der Waals surface area contributed by atoms with Gasteiger partial charge in [-0.15, -0.1) is 0 Å². The summed E-state index contributed by atoms with van der Waals surface area (Å²) in [6, 6.07) is 13.3. The van der Waals surface area contributed by atoms with Crippen LogP contribution in [0.25, 0.3) is 0 Å². The van der Waals surface area contributed by atoms with E-state index in [1.54, 1.807) is 29.6 Å². The number of halogens is 1. The predicted octanol–water partition coefficient (Wildman–Crippen LogP) is 4.55. The number of rotatable bonds is 4. The van der Waals surface area contributed by atoms with Crippen molar-refractivity contribution in [3.8, 4) is 0 Å². The molecule has 156 valence electrons. The highest BCUT2D eigenvalue weighted by Crippen LogP contribution is 2.32. The molecule has 3 heterocycles.